The Kier molecular flexibility index (Phi) is 7.37. The third kappa shape index (κ3) is 7.12. The van der Waals surface area contributed by atoms with E-state index in [-0.39, 0.29) is 11.7 Å². The highest BCUT2D eigenvalue weighted by atomic mass is 32.2. The summed E-state index contributed by atoms with van der Waals surface area (Å²) in [4.78, 5) is 21.1. The average molecular weight is 489 g/mol. The van der Waals surface area contributed by atoms with Crippen LogP contribution in [0.15, 0.2) is 91.3 Å². The smallest absolute Gasteiger partial charge is 0.255 e. The van der Waals surface area contributed by atoms with Crippen molar-refractivity contribution >= 4 is 27.4 Å². The number of rotatable bonds is 9. The molecule has 4 aromatic rings. The van der Waals surface area contributed by atoms with E-state index in [0.29, 0.717) is 29.1 Å². The molecule has 0 saturated heterocycles. The number of aromatic nitrogens is 2. The van der Waals surface area contributed by atoms with E-state index < -0.39 is 10.0 Å². The van der Waals surface area contributed by atoms with Gasteiger partial charge in [0.25, 0.3) is 5.91 Å². The number of nitrogens with zero attached hydrogens (tertiary/aromatic N) is 2. The van der Waals surface area contributed by atoms with Crippen molar-refractivity contribution in [2.45, 2.75) is 6.42 Å². The maximum absolute atomic E-state index is 12.8. The van der Waals surface area contributed by atoms with Crippen LogP contribution in [0.4, 0.5) is 11.5 Å². The van der Waals surface area contributed by atoms with Crippen molar-refractivity contribution in [1.29, 1.82) is 0 Å². The van der Waals surface area contributed by atoms with E-state index in [1.165, 1.54) is 18.0 Å². The van der Waals surface area contributed by atoms with E-state index >= 15 is 0 Å². The van der Waals surface area contributed by atoms with Gasteiger partial charge in [-0.1, -0.05) is 42.5 Å². The summed E-state index contributed by atoms with van der Waals surface area (Å²) in [6, 6.07) is 24.3. The van der Waals surface area contributed by atoms with Crippen LogP contribution in [0.25, 0.3) is 11.3 Å². The van der Waals surface area contributed by atoms with Crippen molar-refractivity contribution in [3.05, 3.63) is 102 Å². The Morgan fingerprint density at radius 2 is 1.69 bits per heavy atom. The van der Waals surface area contributed by atoms with Gasteiger partial charge in [-0.15, -0.1) is 0 Å². The summed E-state index contributed by atoms with van der Waals surface area (Å²) in [5, 5.41) is 2.87. The number of ether oxygens (including phenoxy) is 1. The van der Waals surface area contributed by atoms with Crippen LogP contribution in [-0.4, -0.2) is 37.2 Å². The van der Waals surface area contributed by atoms with Gasteiger partial charge in [0, 0.05) is 23.2 Å². The first-order valence-corrected chi connectivity index (χ1v) is 12.7. The second kappa shape index (κ2) is 10.8. The second-order valence-electron chi connectivity index (χ2n) is 7.80. The number of carbonyl (C=O) groups excluding carboxylic acids is 1. The predicted molar refractivity (Wildman–Crippen MR) is 136 cm³/mol. The molecule has 9 heteroatoms. The Hall–Kier alpha value is -4.24. The lowest BCUT2D eigenvalue weighted by atomic mass is 10.1. The molecule has 1 aromatic heterocycles. The minimum atomic E-state index is -3.43. The summed E-state index contributed by atoms with van der Waals surface area (Å²) in [5.74, 6) is 0.582. The lowest BCUT2D eigenvalue weighted by Gasteiger charge is -2.09. The van der Waals surface area contributed by atoms with Crippen LogP contribution < -0.4 is 14.8 Å². The highest BCUT2D eigenvalue weighted by Gasteiger charge is 2.10. The average Bonchev–Trinajstić information content (AvgIpc) is 2.85. The standard InChI is InChI=1S/C26H24N4O4S/c1-35(32,33)30-25-18-27-24(17-28-25)20-8-5-9-21(16-20)26(31)29-22-10-12-23(13-11-22)34-15-14-19-6-3-2-4-7-19/h2-13,16-18H,14-15H2,1H3,(H,28,30)(H,29,31). The van der Waals surface area contributed by atoms with Crippen molar-refractivity contribution in [3.63, 3.8) is 0 Å². The SMILES string of the molecule is CS(=O)(=O)Nc1cnc(-c2cccc(C(=O)Nc3ccc(OCCc4ccccc4)cc3)c2)cn1. The van der Waals surface area contributed by atoms with Crippen LogP contribution >= 0.6 is 0 Å². The number of carbonyl (C=O) groups is 1. The number of amides is 1. The Morgan fingerprint density at radius 3 is 2.37 bits per heavy atom. The first-order valence-electron chi connectivity index (χ1n) is 10.8. The van der Waals surface area contributed by atoms with E-state index in [0.717, 1.165) is 18.4 Å². The molecule has 0 unspecified atom stereocenters. The van der Waals surface area contributed by atoms with Gasteiger partial charge in [-0.2, -0.15) is 0 Å². The van der Waals surface area contributed by atoms with Crippen LogP contribution in [0.2, 0.25) is 0 Å². The molecule has 0 fully saturated rings. The number of nitrogens with one attached hydrogen (secondary N) is 2. The normalized spacial score (nSPS) is 11.0. The number of hydrogen-bond acceptors (Lipinski definition) is 6. The third-order valence-corrected chi connectivity index (χ3v) is 5.56. The van der Waals surface area contributed by atoms with Crippen LogP contribution in [0.3, 0.4) is 0 Å². The number of anilines is 2. The molecule has 1 heterocycles. The molecule has 0 saturated carbocycles. The summed E-state index contributed by atoms with van der Waals surface area (Å²) < 4.78 is 30.7. The van der Waals surface area contributed by atoms with Crippen molar-refractivity contribution < 1.29 is 17.9 Å². The zero-order valence-corrected chi connectivity index (χ0v) is 19.8. The molecule has 2 N–H and O–H groups in total. The Bertz CT molecular complexity index is 1390. The van der Waals surface area contributed by atoms with Crippen molar-refractivity contribution in [2.75, 3.05) is 22.9 Å². The molecule has 0 spiro atoms. The van der Waals surface area contributed by atoms with E-state index in [1.807, 2.05) is 30.3 Å². The van der Waals surface area contributed by atoms with E-state index in [9.17, 15) is 13.2 Å². The Labute approximate surface area is 204 Å². The van der Waals surface area contributed by atoms with Crippen LogP contribution in [-0.2, 0) is 16.4 Å². The molecule has 0 aliphatic heterocycles. The summed E-state index contributed by atoms with van der Waals surface area (Å²) in [7, 11) is -3.43. The third-order valence-electron chi connectivity index (χ3n) is 4.98. The highest BCUT2D eigenvalue weighted by molar-refractivity contribution is 7.92. The van der Waals surface area contributed by atoms with Crippen LogP contribution in [0.5, 0.6) is 5.75 Å². The van der Waals surface area contributed by atoms with Crippen molar-refractivity contribution in [3.8, 4) is 17.0 Å². The minimum absolute atomic E-state index is 0.123. The van der Waals surface area contributed by atoms with Crippen LogP contribution in [0, 0.1) is 0 Å². The van der Waals surface area contributed by atoms with E-state index in [2.05, 4.69) is 32.1 Å². The number of hydrogen-bond donors (Lipinski definition) is 2. The van der Waals surface area contributed by atoms with Crippen molar-refractivity contribution in [1.82, 2.24) is 9.97 Å². The quantitative estimate of drug-likeness (QED) is 0.362. The molecular weight excluding hydrogens is 464 g/mol. The van der Waals surface area contributed by atoms with Gasteiger partial charge < -0.3 is 10.1 Å². The van der Waals surface area contributed by atoms with Gasteiger partial charge >= 0.3 is 0 Å². The maximum atomic E-state index is 12.8. The topological polar surface area (TPSA) is 110 Å². The largest absolute Gasteiger partial charge is 0.493 e. The van der Waals surface area contributed by atoms with Gasteiger partial charge in [0.2, 0.25) is 10.0 Å². The maximum Gasteiger partial charge on any atom is 0.255 e. The first kappa shape index (κ1) is 23.9. The number of sulfonamides is 1. The van der Waals surface area contributed by atoms with Gasteiger partial charge in [0.1, 0.15) is 5.75 Å². The molecule has 0 radical (unpaired) electrons. The molecule has 8 nitrogen and oxygen atoms in total. The summed E-state index contributed by atoms with van der Waals surface area (Å²) in [6.07, 6.45) is 4.63. The lowest BCUT2D eigenvalue weighted by Crippen LogP contribution is -2.12. The molecule has 3 aromatic carbocycles. The highest BCUT2D eigenvalue weighted by Crippen LogP contribution is 2.21. The van der Waals surface area contributed by atoms with Gasteiger partial charge in [-0.05, 0) is 42.0 Å². The molecule has 0 aliphatic carbocycles. The van der Waals surface area contributed by atoms with Crippen LogP contribution in [0.1, 0.15) is 15.9 Å². The molecule has 178 valence electrons. The van der Waals surface area contributed by atoms with Crippen molar-refractivity contribution in [2.24, 2.45) is 0 Å². The molecular formula is C26H24N4O4S. The second-order valence-corrected chi connectivity index (χ2v) is 9.55. The summed E-state index contributed by atoms with van der Waals surface area (Å²) in [6.45, 7) is 0.566. The molecule has 4 rings (SSSR count). The Balaban J connectivity index is 1.35. The molecule has 1 amide bonds. The zero-order chi connectivity index (χ0) is 24.7. The summed E-state index contributed by atoms with van der Waals surface area (Å²) in [5.41, 5.74) is 3.50. The fourth-order valence-corrected chi connectivity index (χ4v) is 3.79. The molecule has 0 atom stereocenters. The minimum Gasteiger partial charge on any atom is -0.493 e. The predicted octanol–water partition coefficient (Wildman–Crippen LogP) is 4.39. The number of benzene rings is 3. The lowest BCUT2D eigenvalue weighted by molar-refractivity contribution is 0.102. The first-order chi connectivity index (χ1) is 16.9. The summed E-state index contributed by atoms with van der Waals surface area (Å²) >= 11 is 0. The fourth-order valence-electron chi connectivity index (χ4n) is 3.31. The fraction of sp³-hybridized carbons (Fsp3) is 0.115. The molecule has 0 bridgehead atoms. The zero-order valence-electron chi connectivity index (χ0n) is 19.0. The molecule has 0 aliphatic rings. The van der Waals surface area contributed by atoms with Gasteiger partial charge in [-0.25, -0.2) is 13.4 Å². The Morgan fingerprint density at radius 1 is 0.914 bits per heavy atom. The van der Waals surface area contributed by atoms with Gasteiger partial charge in [0.05, 0.1) is 31.0 Å². The van der Waals surface area contributed by atoms with E-state index in [1.54, 1.807) is 36.4 Å². The van der Waals surface area contributed by atoms with Gasteiger partial charge in [-0.3, -0.25) is 14.5 Å². The van der Waals surface area contributed by atoms with Gasteiger partial charge in [0.15, 0.2) is 5.82 Å². The monoisotopic (exact) mass is 488 g/mol. The van der Waals surface area contributed by atoms with E-state index in [4.69, 9.17) is 4.74 Å². The molecule has 35 heavy (non-hydrogen) atoms.